The van der Waals surface area contributed by atoms with Gasteiger partial charge < -0.3 is 0 Å². The first-order valence-electron chi connectivity index (χ1n) is 5.24. The number of hydrogen-bond acceptors (Lipinski definition) is 2. The zero-order valence-corrected chi connectivity index (χ0v) is 10.7. The lowest BCUT2D eigenvalue weighted by molar-refractivity contribution is 0.0653. The minimum absolute atomic E-state index is 0.227. The molecule has 3 nitrogen and oxygen atoms in total. The zero-order valence-electron chi connectivity index (χ0n) is 9.07. The number of fused-ring (bicyclic) bond motifs is 1. The standard InChI is InChI=1S/C13H10BrNO2/c1-2-3-4-7-15-12(16)10-6-5-9(14)8-11(10)13(15)17/h1,5-6,8H,3-4,7H2. The van der Waals surface area contributed by atoms with Crippen LogP contribution in [-0.2, 0) is 0 Å². The number of carbonyl (C=O) groups is 2. The second-order valence-corrected chi connectivity index (χ2v) is 4.68. The number of imide groups is 1. The molecule has 1 aromatic carbocycles. The maximum absolute atomic E-state index is 12.0. The molecule has 0 saturated carbocycles. The molecule has 0 unspecified atom stereocenters. The highest BCUT2D eigenvalue weighted by molar-refractivity contribution is 9.10. The highest BCUT2D eigenvalue weighted by Gasteiger charge is 2.34. The van der Waals surface area contributed by atoms with Crippen molar-refractivity contribution in [1.29, 1.82) is 0 Å². The van der Waals surface area contributed by atoms with Crippen LogP contribution in [0.1, 0.15) is 33.6 Å². The quantitative estimate of drug-likeness (QED) is 0.487. The Balaban J connectivity index is 2.24. The third-order valence-corrected chi connectivity index (χ3v) is 3.13. The lowest BCUT2D eigenvalue weighted by Gasteiger charge is -2.12. The van der Waals surface area contributed by atoms with Gasteiger partial charge in [0.15, 0.2) is 0 Å². The number of halogens is 1. The number of benzene rings is 1. The predicted octanol–water partition coefficient (Wildman–Crippen LogP) is 2.46. The number of unbranched alkanes of at least 4 members (excludes halogenated alkanes) is 1. The van der Waals surface area contributed by atoms with E-state index in [1.54, 1.807) is 18.2 Å². The molecule has 0 N–H and O–H groups in total. The molecule has 0 spiro atoms. The first-order valence-corrected chi connectivity index (χ1v) is 6.03. The van der Waals surface area contributed by atoms with E-state index in [0.717, 1.165) is 4.47 Å². The normalized spacial score (nSPS) is 13.8. The number of nitrogens with zero attached hydrogens (tertiary/aromatic N) is 1. The van der Waals surface area contributed by atoms with Gasteiger partial charge in [-0.3, -0.25) is 14.5 Å². The molecule has 1 aliphatic rings. The summed E-state index contributed by atoms with van der Waals surface area (Å²) in [5.41, 5.74) is 0.934. The largest absolute Gasteiger partial charge is 0.274 e. The molecule has 0 aliphatic carbocycles. The zero-order chi connectivity index (χ0) is 12.4. The van der Waals surface area contributed by atoms with Crippen molar-refractivity contribution in [2.75, 3.05) is 6.54 Å². The number of terminal acetylenes is 1. The molecule has 0 fully saturated rings. The molecule has 0 radical (unpaired) electrons. The van der Waals surface area contributed by atoms with Gasteiger partial charge in [-0.15, -0.1) is 12.3 Å². The van der Waals surface area contributed by atoms with E-state index in [0.29, 0.717) is 30.5 Å². The fourth-order valence-corrected chi connectivity index (χ4v) is 2.17. The lowest BCUT2D eigenvalue weighted by Crippen LogP contribution is -2.30. The Hall–Kier alpha value is -1.60. The van der Waals surface area contributed by atoms with E-state index in [2.05, 4.69) is 21.9 Å². The molecular formula is C13H10BrNO2. The lowest BCUT2D eigenvalue weighted by atomic mass is 10.1. The van der Waals surface area contributed by atoms with Crippen LogP contribution in [0.5, 0.6) is 0 Å². The summed E-state index contributed by atoms with van der Waals surface area (Å²) in [7, 11) is 0. The van der Waals surface area contributed by atoms with E-state index < -0.39 is 0 Å². The number of carbonyl (C=O) groups excluding carboxylic acids is 2. The smallest absolute Gasteiger partial charge is 0.261 e. The maximum Gasteiger partial charge on any atom is 0.261 e. The van der Waals surface area contributed by atoms with E-state index in [1.165, 1.54) is 4.90 Å². The van der Waals surface area contributed by atoms with Crippen molar-refractivity contribution in [3.8, 4) is 12.3 Å². The molecule has 0 aromatic heterocycles. The monoisotopic (exact) mass is 291 g/mol. The van der Waals surface area contributed by atoms with Crippen LogP contribution in [-0.4, -0.2) is 23.3 Å². The average molecular weight is 292 g/mol. The molecule has 2 rings (SSSR count). The van der Waals surface area contributed by atoms with Gasteiger partial charge in [-0.1, -0.05) is 15.9 Å². The van der Waals surface area contributed by atoms with Crippen LogP contribution in [0.15, 0.2) is 22.7 Å². The Morgan fingerprint density at radius 3 is 2.65 bits per heavy atom. The van der Waals surface area contributed by atoms with E-state index in [4.69, 9.17) is 6.42 Å². The van der Waals surface area contributed by atoms with Crippen LogP contribution >= 0.6 is 15.9 Å². The maximum atomic E-state index is 12.0. The topological polar surface area (TPSA) is 37.4 Å². The van der Waals surface area contributed by atoms with Gasteiger partial charge in [-0.25, -0.2) is 0 Å². The molecule has 0 atom stereocenters. The van der Waals surface area contributed by atoms with Crippen LogP contribution in [0.2, 0.25) is 0 Å². The Bertz CT molecular complexity index is 531. The van der Waals surface area contributed by atoms with Crippen molar-refractivity contribution in [3.05, 3.63) is 33.8 Å². The van der Waals surface area contributed by atoms with E-state index in [9.17, 15) is 9.59 Å². The Kier molecular flexibility index (Phi) is 3.30. The summed E-state index contributed by atoms with van der Waals surface area (Å²) in [5, 5.41) is 0. The molecule has 0 saturated heterocycles. The molecule has 17 heavy (non-hydrogen) atoms. The van der Waals surface area contributed by atoms with Gasteiger partial charge in [-0.05, 0) is 24.6 Å². The van der Waals surface area contributed by atoms with Gasteiger partial charge in [0.25, 0.3) is 11.8 Å². The third kappa shape index (κ3) is 2.11. The van der Waals surface area contributed by atoms with Crippen molar-refractivity contribution in [3.63, 3.8) is 0 Å². The number of amides is 2. The first kappa shape index (κ1) is 11.9. The molecule has 4 heteroatoms. The van der Waals surface area contributed by atoms with Gasteiger partial charge in [0.1, 0.15) is 0 Å². The molecular weight excluding hydrogens is 282 g/mol. The van der Waals surface area contributed by atoms with Gasteiger partial charge in [-0.2, -0.15) is 0 Å². The summed E-state index contributed by atoms with van der Waals surface area (Å²) < 4.78 is 0.794. The third-order valence-electron chi connectivity index (χ3n) is 2.64. The van der Waals surface area contributed by atoms with E-state index in [-0.39, 0.29) is 11.8 Å². The van der Waals surface area contributed by atoms with Gasteiger partial charge in [0.05, 0.1) is 11.1 Å². The summed E-state index contributed by atoms with van der Waals surface area (Å²) in [5.74, 6) is 2.03. The second-order valence-electron chi connectivity index (χ2n) is 3.76. The second kappa shape index (κ2) is 4.72. The summed E-state index contributed by atoms with van der Waals surface area (Å²) in [6.07, 6.45) is 6.35. The molecule has 1 heterocycles. The van der Waals surface area contributed by atoms with Crippen LogP contribution in [0, 0.1) is 12.3 Å². The molecule has 86 valence electrons. The van der Waals surface area contributed by atoms with Gasteiger partial charge in [0, 0.05) is 17.4 Å². The van der Waals surface area contributed by atoms with E-state index in [1.807, 2.05) is 0 Å². The summed E-state index contributed by atoms with van der Waals surface area (Å²) in [4.78, 5) is 25.2. The molecule has 2 amide bonds. The molecule has 0 bridgehead atoms. The summed E-state index contributed by atoms with van der Waals surface area (Å²) in [6.45, 7) is 0.383. The minimum atomic E-state index is -0.233. The van der Waals surface area contributed by atoms with Gasteiger partial charge in [0.2, 0.25) is 0 Å². The SMILES string of the molecule is C#CCCCN1C(=O)c2ccc(Br)cc2C1=O. The van der Waals surface area contributed by atoms with Crippen molar-refractivity contribution >= 4 is 27.7 Å². The summed E-state index contributed by atoms with van der Waals surface area (Å²) >= 11 is 3.29. The van der Waals surface area contributed by atoms with Crippen molar-refractivity contribution < 1.29 is 9.59 Å². The highest BCUT2D eigenvalue weighted by atomic mass is 79.9. The minimum Gasteiger partial charge on any atom is -0.274 e. The molecule has 1 aromatic rings. The number of hydrogen-bond donors (Lipinski definition) is 0. The number of rotatable bonds is 3. The van der Waals surface area contributed by atoms with Gasteiger partial charge >= 0.3 is 0 Å². The Labute approximate surface area is 108 Å². The van der Waals surface area contributed by atoms with Crippen LogP contribution in [0.25, 0.3) is 0 Å². The van der Waals surface area contributed by atoms with Crippen LogP contribution < -0.4 is 0 Å². The van der Waals surface area contributed by atoms with Crippen LogP contribution in [0.3, 0.4) is 0 Å². The fraction of sp³-hybridized carbons (Fsp3) is 0.231. The van der Waals surface area contributed by atoms with Crippen molar-refractivity contribution in [2.24, 2.45) is 0 Å². The first-order chi connectivity index (χ1) is 8.15. The predicted molar refractivity (Wildman–Crippen MR) is 67.6 cm³/mol. The Morgan fingerprint density at radius 2 is 1.94 bits per heavy atom. The Morgan fingerprint density at radius 1 is 1.24 bits per heavy atom. The highest BCUT2D eigenvalue weighted by Crippen LogP contribution is 2.26. The van der Waals surface area contributed by atoms with Crippen molar-refractivity contribution in [2.45, 2.75) is 12.8 Å². The average Bonchev–Trinajstić information content (AvgIpc) is 2.54. The van der Waals surface area contributed by atoms with E-state index >= 15 is 0 Å². The molecule has 1 aliphatic heterocycles. The fourth-order valence-electron chi connectivity index (χ4n) is 1.81. The van der Waals surface area contributed by atoms with Crippen LogP contribution in [0.4, 0.5) is 0 Å². The van der Waals surface area contributed by atoms with Crippen molar-refractivity contribution in [1.82, 2.24) is 4.90 Å². The summed E-state index contributed by atoms with van der Waals surface area (Å²) in [6, 6.07) is 5.10.